The molecule has 0 bridgehead atoms. The SMILES string of the molecule is Nc1c(N=Nc2ccc(-c3csc4ccccc34)nc2)cc(S(=O)(=O)[O-])c2ccccc12.[Na+]. The maximum absolute atomic E-state index is 11.7. The summed E-state index contributed by atoms with van der Waals surface area (Å²) in [6, 6.07) is 19.4. The van der Waals surface area contributed by atoms with Crippen LogP contribution in [-0.4, -0.2) is 18.0 Å². The molecular weight excluding hydrogens is 467 g/mol. The van der Waals surface area contributed by atoms with Crippen molar-refractivity contribution in [3.63, 3.8) is 0 Å². The quantitative estimate of drug-likeness (QED) is 0.183. The van der Waals surface area contributed by atoms with E-state index in [0.717, 1.165) is 22.7 Å². The third-order valence-electron chi connectivity index (χ3n) is 5.07. The second-order valence-electron chi connectivity index (χ2n) is 7.05. The predicted octanol–water partition coefficient (Wildman–Crippen LogP) is 3.02. The summed E-state index contributed by atoms with van der Waals surface area (Å²) < 4.78 is 36.4. The average Bonchev–Trinajstić information content (AvgIpc) is 3.22. The standard InChI is InChI=1S/C23H16N4O3S2.Na/c24-23-17-7-2-1-6-16(17)22(32(28,29)30)11-20(23)27-26-14-9-10-19(25-12-14)18-13-31-21-8-4-3-5-15(18)21;/h1-13H,24H2,(H,28,29,30);/q;+1/p-1. The van der Waals surface area contributed by atoms with Crippen LogP contribution in [0.5, 0.6) is 0 Å². The van der Waals surface area contributed by atoms with Crippen molar-refractivity contribution in [2.24, 2.45) is 10.2 Å². The van der Waals surface area contributed by atoms with Crippen molar-refractivity contribution >= 4 is 59.4 Å². The van der Waals surface area contributed by atoms with Crippen LogP contribution in [0.2, 0.25) is 0 Å². The maximum atomic E-state index is 11.7. The van der Waals surface area contributed by atoms with E-state index in [0.29, 0.717) is 11.1 Å². The van der Waals surface area contributed by atoms with E-state index in [9.17, 15) is 13.0 Å². The van der Waals surface area contributed by atoms with Crippen LogP contribution in [0.25, 0.3) is 32.1 Å². The first-order valence-electron chi connectivity index (χ1n) is 9.53. The summed E-state index contributed by atoms with van der Waals surface area (Å²) in [6.45, 7) is 0. The Balaban J connectivity index is 0.00000259. The van der Waals surface area contributed by atoms with Crippen LogP contribution in [-0.2, 0) is 10.1 Å². The van der Waals surface area contributed by atoms with Crippen LogP contribution < -0.4 is 35.3 Å². The normalized spacial score (nSPS) is 11.8. The van der Waals surface area contributed by atoms with Gasteiger partial charge in [-0.05, 0) is 24.3 Å². The summed E-state index contributed by atoms with van der Waals surface area (Å²) in [5.41, 5.74) is 8.83. The van der Waals surface area contributed by atoms with Gasteiger partial charge in [0.15, 0.2) is 0 Å². The van der Waals surface area contributed by atoms with E-state index >= 15 is 0 Å². The van der Waals surface area contributed by atoms with Crippen LogP contribution in [0.3, 0.4) is 0 Å². The minimum atomic E-state index is -4.72. The molecule has 0 radical (unpaired) electrons. The molecule has 158 valence electrons. The van der Waals surface area contributed by atoms with Gasteiger partial charge in [-0.2, -0.15) is 0 Å². The zero-order valence-corrected chi connectivity index (χ0v) is 21.1. The van der Waals surface area contributed by atoms with Crippen molar-refractivity contribution in [3.8, 4) is 11.3 Å². The van der Waals surface area contributed by atoms with Gasteiger partial charge in [0.2, 0.25) is 0 Å². The molecule has 5 aromatic rings. The summed E-state index contributed by atoms with van der Waals surface area (Å²) in [7, 11) is -4.72. The molecule has 0 spiro atoms. The molecule has 0 saturated heterocycles. The molecular formula is C23H15N4NaO3S2. The third kappa shape index (κ3) is 4.56. The van der Waals surface area contributed by atoms with Crippen LogP contribution in [0.4, 0.5) is 17.1 Å². The number of rotatable bonds is 4. The maximum Gasteiger partial charge on any atom is 1.00 e. The second kappa shape index (κ2) is 9.30. The number of nitrogens with zero attached hydrogens (tertiary/aromatic N) is 3. The van der Waals surface area contributed by atoms with Crippen LogP contribution in [0, 0.1) is 0 Å². The molecule has 0 amide bonds. The summed E-state index contributed by atoms with van der Waals surface area (Å²) in [5, 5.41) is 12.1. The number of nitrogens with two attached hydrogens (primary N) is 1. The molecule has 2 heterocycles. The molecule has 2 N–H and O–H groups in total. The summed E-state index contributed by atoms with van der Waals surface area (Å²) in [6.07, 6.45) is 1.58. The van der Waals surface area contributed by atoms with Gasteiger partial charge < -0.3 is 10.3 Å². The molecule has 0 aliphatic carbocycles. The molecule has 5 rings (SSSR count). The Bertz CT molecular complexity index is 1610. The molecule has 0 fully saturated rings. The first-order valence-corrected chi connectivity index (χ1v) is 11.8. The largest absolute Gasteiger partial charge is 1.00 e. The van der Waals surface area contributed by atoms with Gasteiger partial charge in [0.25, 0.3) is 0 Å². The topological polar surface area (TPSA) is 121 Å². The van der Waals surface area contributed by atoms with Gasteiger partial charge in [0, 0.05) is 31.8 Å². The van der Waals surface area contributed by atoms with Crippen molar-refractivity contribution < 1.29 is 42.5 Å². The molecule has 33 heavy (non-hydrogen) atoms. The number of anilines is 1. The van der Waals surface area contributed by atoms with E-state index in [-0.39, 0.29) is 51.2 Å². The zero-order chi connectivity index (χ0) is 22.3. The van der Waals surface area contributed by atoms with Gasteiger partial charge >= 0.3 is 29.6 Å². The fourth-order valence-electron chi connectivity index (χ4n) is 3.53. The third-order valence-corrected chi connectivity index (χ3v) is 6.91. The molecule has 0 saturated carbocycles. The van der Waals surface area contributed by atoms with E-state index < -0.39 is 10.1 Å². The number of fused-ring (bicyclic) bond motifs is 2. The molecule has 2 aromatic heterocycles. The number of nitrogen functional groups attached to an aromatic ring is 1. The van der Waals surface area contributed by atoms with E-state index in [1.807, 2.05) is 18.2 Å². The van der Waals surface area contributed by atoms with Gasteiger partial charge in [-0.25, -0.2) is 8.42 Å². The van der Waals surface area contributed by atoms with Crippen LogP contribution >= 0.6 is 11.3 Å². The number of aromatic nitrogens is 1. The van der Waals surface area contributed by atoms with Crippen LogP contribution in [0.15, 0.2) is 93.4 Å². The number of pyridine rings is 1. The van der Waals surface area contributed by atoms with Gasteiger partial charge in [-0.3, -0.25) is 4.98 Å². The van der Waals surface area contributed by atoms with E-state index in [1.165, 1.54) is 10.8 Å². The van der Waals surface area contributed by atoms with Gasteiger partial charge in [0.1, 0.15) is 21.5 Å². The van der Waals surface area contributed by atoms with Gasteiger partial charge in [0.05, 0.1) is 22.5 Å². The Morgan fingerprint density at radius 1 is 0.909 bits per heavy atom. The number of hydrogen-bond acceptors (Lipinski definition) is 8. The molecule has 0 aliphatic rings. The average molecular weight is 483 g/mol. The first kappa shape index (κ1) is 23.5. The zero-order valence-electron chi connectivity index (χ0n) is 17.5. The Morgan fingerprint density at radius 2 is 1.61 bits per heavy atom. The molecule has 10 heteroatoms. The Kier molecular flexibility index (Phi) is 6.62. The summed E-state index contributed by atoms with van der Waals surface area (Å²) in [5.74, 6) is 0. The van der Waals surface area contributed by atoms with Crippen molar-refractivity contribution in [2.45, 2.75) is 4.90 Å². The van der Waals surface area contributed by atoms with Gasteiger partial charge in [-0.1, -0.05) is 42.5 Å². The molecule has 3 aromatic carbocycles. The van der Waals surface area contributed by atoms with E-state index in [4.69, 9.17) is 5.73 Å². The van der Waals surface area contributed by atoms with Crippen molar-refractivity contribution in [3.05, 3.63) is 78.3 Å². The number of thiophene rings is 1. The molecule has 0 unspecified atom stereocenters. The van der Waals surface area contributed by atoms with Gasteiger partial charge in [-0.15, -0.1) is 21.6 Å². The van der Waals surface area contributed by atoms with E-state index in [1.54, 1.807) is 41.8 Å². The molecule has 0 aliphatic heterocycles. The van der Waals surface area contributed by atoms with Crippen molar-refractivity contribution in [2.75, 3.05) is 5.73 Å². The first-order chi connectivity index (χ1) is 15.4. The fraction of sp³-hybridized carbons (Fsp3) is 0. The second-order valence-corrected chi connectivity index (χ2v) is 9.31. The van der Waals surface area contributed by atoms with E-state index in [2.05, 4.69) is 32.7 Å². The fourth-order valence-corrected chi connectivity index (χ4v) is 5.19. The van der Waals surface area contributed by atoms with Crippen LogP contribution in [0.1, 0.15) is 0 Å². The smallest absolute Gasteiger partial charge is 0.744 e. The summed E-state index contributed by atoms with van der Waals surface area (Å²) in [4.78, 5) is 4.11. The Morgan fingerprint density at radius 3 is 2.30 bits per heavy atom. The Labute approximate surface area is 216 Å². The number of azo groups is 1. The molecule has 0 atom stereocenters. The minimum Gasteiger partial charge on any atom is -0.744 e. The predicted molar refractivity (Wildman–Crippen MR) is 126 cm³/mol. The number of hydrogen-bond donors (Lipinski definition) is 1. The number of benzene rings is 3. The monoisotopic (exact) mass is 482 g/mol. The summed E-state index contributed by atoms with van der Waals surface area (Å²) >= 11 is 1.66. The molecule has 7 nitrogen and oxygen atoms in total. The van der Waals surface area contributed by atoms with Crippen molar-refractivity contribution in [1.82, 2.24) is 4.98 Å². The van der Waals surface area contributed by atoms with Crippen molar-refractivity contribution in [1.29, 1.82) is 0 Å². The minimum absolute atomic E-state index is 0. The Hall–Kier alpha value is -2.66.